The monoisotopic (exact) mass is 254 g/mol. The molecule has 0 amide bonds. The fourth-order valence-electron chi connectivity index (χ4n) is 1.85. The van der Waals surface area contributed by atoms with Crippen LogP contribution in [-0.2, 0) is 11.2 Å². The summed E-state index contributed by atoms with van der Waals surface area (Å²) in [6.07, 6.45) is 0.0931. The third kappa shape index (κ3) is 3.10. The van der Waals surface area contributed by atoms with Crippen LogP contribution in [0.5, 0.6) is 5.88 Å². The van der Waals surface area contributed by atoms with E-state index in [0.717, 1.165) is 0 Å². The minimum Gasteiger partial charge on any atom is -0.493 e. The van der Waals surface area contributed by atoms with Crippen LogP contribution in [0.4, 0.5) is 0 Å². The number of aromatic amines is 1. The lowest BCUT2D eigenvalue weighted by molar-refractivity contribution is -0.0196. The number of aromatic hydroxyl groups is 1. The molecule has 0 aliphatic rings. The van der Waals surface area contributed by atoms with E-state index in [2.05, 4.69) is 9.97 Å². The van der Waals surface area contributed by atoms with Gasteiger partial charge in [0.2, 0.25) is 5.88 Å². The molecule has 18 heavy (non-hydrogen) atoms. The predicted octanol–water partition coefficient (Wildman–Crippen LogP) is 2.16. The van der Waals surface area contributed by atoms with Gasteiger partial charge in [-0.25, -0.2) is 0 Å². The zero-order valence-electron chi connectivity index (χ0n) is 11.7. The van der Waals surface area contributed by atoms with Crippen LogP contribution in [0.2, 0.25) is 0 Å². The van der Waals surface area contributed by atoms with Gasteiger partial charge in [-0.3, -0.25) is 4.79 Å². The van der Waals surface area contributed by atoms with Crippen molar-refractivity contribution >= 4 is 0 Å². The van der Waals surface area contributed by atoms with Crippen LogP contribution in [0.15, 0.2) is 4.79 Å². The fraction of sp³-hybridized carbons (Fsp3) is 0.692. The molecule has 0 saturated heterocycles. The number of nitrogens with zero attached hydrogens (tertiary/aromatic N) is 1. The first-order chi connectivity index (χ1) is 8.31. The average molecular weight is 254 g/mol. The van der Waals surface area contributed by atoms with Crippen LogP contribution < -0.4 is 5.56 Å². The van der Waals surface area contributed by atoms with Crippen LogP contribution in [0.3, 0.4) is 0 Å². The molecule has 1 aromatic heterocycles. The zero-order chi connectivity index (χ0) is 13.9. The Balaban J connectivity index is 3.27. The third-order valence-corrected chi connectivity index (χ3v) is 2.73. The number of hydrogen-bond acceptors (Lipinski definition) is 4. The molecule has 0 aliphatic heterocycles. The lowest BCUT2D eigenvalue weighted by Crippen LogP contribution is -2.27. The second-order valence-electron chi connectivity index (χ2n) is 5.31. The summed E-state index contributed by atoms with van der Waals surface area (Å²) in [5.41, 5.74) is -0.205. The second-order valence-corrected chi connectivity index (χ2v) is 5.31. The summed E-state index contributed by atoms with van der Waals surface area (Å²) in [7, 11) is 0. The maximum Gasteiger partial charge on any atom is 0.257 e. The number of rotatable bonds is 4. The standard InChI is InChI=1S/C13H22N2O3/c1-6-8-11(16)14-10(15-12(8)17)9(18-7-2)13(3,4)5/h9H,6-7H2,1-5H3,(H2,14,15,16,17). The number of ether oxygens (including phenoxy) is 1. The first kappa shape index (κ1) is 14.7. The lowest BCUT2D eigenvalue weighted by Gasteiger charge is -2.29. The Morgan fingerprint density at radius 1 is 1.39 bits per heavy atom. The summed E-state index contributed by atoms with van der Waals surface area (Å²) < 4.78 is 5.63. The summed E-state index contributed by atoms with van der Waals surface area (Å²) in [6, 6.07) is 0. The minimum absolute atomic E-state index is 0.204. The Kier molecular flexibility index (Phi) is 4.51. The second kappa shape index (κ2) is 5.52. The highest BCUT2D eigenvalue weighted by Gasteiger charge is 2.29. The van der Waals surface area contributed by atoms with Gasteiger partial charge in [0.15, 0.2) is 0 Å². The van der Waals surface area contributed by atoms with Gasteiger partial charge < -0.3 is 14.8 Å². The molecular formula is C13H22N2O3. The largest absolute Gasteiger partial charge is 0.493 e. The van der Waals surface area contributed by atoms with Crippen molar-refractivity contribution in [2.24, 2.45) is 5.41 Å². The Hall–Kier alpha value is -1.36. The predicted molar refractivity (Wildman–Crippen MR) is 69.7 cm³/mol. The van der Waals surface area contributed by atoms with Gasteiger partial charge in [0, 0.05) is 6.61 Å². The molecule has 1 atom stereocenters. The SMILES string of the molecule is CCOC(c1nc(O)c(CC)c(=O)[nH]1)C(C)(C)C. The van der Waals surface area contributed by atoms with Gasteiger partial charge in [-0.05, 0) is 18.8 Å². The van der Waals surface area contributed by atoms with E-state index >= 15 is 0 Å². The van der Waals surface area contributed by atoms with Crippen LogP contribution in [0.1, 0.15) is 52.1 Å². The number of aromatic nitrogens is 2. The molecule has 0 radical (unpaired) electrons. The van der Waals surface area contributed by atoms with Crippen LogP contribution in [0.25, 0.3) is 0 Å². The van der Waals surface area contributed by atoms with Crippen molar-refractivity contribution in [3.05, 3.63) is 21.7 Å². The van der Waals surface area contributed by atoms with Gasteiger partial charge in [0.05, 0.1) is 5.56 Å². The van der Waals surface area contributed by atoms with E-state index in [1.54, 1.807) is 6.92 Å². The molecule has 1 unspecified atom stereocenters. The van der Waals surface area contributed by atoms with Crippen molar-refractivity contribution in [1.82, 2.24) is 9.97 Å². The molecule has 2 N–H and O–H groups in total. The summed E-state index contributed by atoms with van der Waals surface area (Å²) >= 11 is 0. The van der Waals surface area contributed by atoms with Gasteiger partial charge in [-0.2, -0.15) is 4.98 Å². The normalized spacial score (nSPS) is 13.6. The van der Waals surface area contributed by atoms with Gasteiger partial charge in [0.1, 0.15) is 11.9 Å². The van der Waals surface area contributed by atoms with Crippen molar-refractivity contribution in [3.63, 3.8) is 0 Å². The van der Waals surface area contributed by atoms with E-state index in [4.69, 9.17) is 4.74 Å². The number of nitrogens with one attached hydrogen (secondary N) is 1. The summed E-state index contributed by atoms with van der Waals surface area (Å²) in [5, 5.41) is 9.77. The maximum atomic E-state index is 11.8. The highest BCUT2D eigenvalue weighted by Crippen LogP contribution is 2.34. The van der Waals surface area contributed by atoms with Crippen LogP contribution in [-0.4, -0.2) is 21.7 Å². The molecule has 0 aliphatic carbocycles. The maximum absolute atomic E-state index is 11.8. The smallest absolute Gasteiger partial charge is 0.257 e. The van der Waals surface area contributed by atoms with E-state index in [1.165, 1.54) is 0 Å². The van der Waals surface area contributed by atoms with Crippen LogP contribution in [0, 0.1) is 5.41 Å². The average Bonchev–Trinajstić information content (AvgIpc) is 2.23. The molecule has 0 spiro atoms. The molecule has 102 valence electrons. The van der Waals surface area contributed by atoms with Gasteiger partial charge >= 0.3 is 0 Å². The van der Waals surface area contributed by atoms with Gasteiger partial charge in [0.25, 0.3) is 5.56 Å². The van der Waals surface area contributed by atoms with Crippen molar-refractivity contribution in [2.45, 2.75) is 47.1 Å². The highest BCUT2D eigenvalue weighted by molar-refractivity contribution is 5.23. The van der Waals surface area contributed by atoms with E-state index in [-0.39, 0.29) is 23.0 Å². The van der Waals surface area contributed by atoms with Gasteiger partial charge in [-0.1, -0.05) is 27.7 Å². The lowest BCUT2D eigenvalue weighted by atomic mass is 9.88. The molecular weight excluding hydrogens is 232 g/mol. The molecule has 0 saturated carbocycles. The van der Waals surface area contributed by atoms with E-state index in [9.17, 15) is 9.90 Å². The fourth-order valence-corrected chi connectivity index (χ4v) is 1.85. The Morgan fingerprint density at radius 2 is 2.00 bits per heavy atom. The highest BCUT2D eigenvalue weighted by atomic mass is 16.5. The van der Waals surface area contributed by atoms with Crippen molar-refractivity contribution in [2.75, 3.05) is 6.61 Å². The zero-order valence-corrected chi connectivity index (χ0v) is 11.7. The molecule has 5 nitrogen and oxygen atoms in total. The van der Waals surface area contributed by atoms with Crippen molar-refractivity contribution in [3.8, 4) is 5.88 Å². The molecule has 0 fully saturated rings. The molecule has 1 heterocycles. The van der Waals surface area contributed by atoms with Crippen molar-refractivity contribution < 1.29 is 9.84 Å². The molecule has 1 rings (SSSR count). The molecule has 0 bridgehead atoms. The van der Waals surface area contributed by atoms with Crippen molar-refractivity contribution in [1.29, 1.82) is 0 Å². The number of H-pyrrole nitrogens is 1. The van der Waals surface area contributed by atoms with Gasteiger partial charge in [-0.15, -0.1) is 0 Å². The topological polar surface area (TPSA) is 75.2 Å². The number of hydrogen-bond donors (Lipinski definition) is 2. The Labute approximate surface area is 107 Å². The van der Waals surface area contributed by atoms with E-state index in [1.807, 2.05) is 27.7 Å². The van der Waals surface area contributed by atoms with E-state index < -0.39 is 0 Å². The summed E-state index contributed by atoms with van der Waals surface area (Å²) in [6.45, 7) is 10.2. The Bertz CT molecular complexity index is 460. The summed E-state index contributed by atoms with van der Waals surface area (Å²) in [4.78, 5) is 18.6. The molecule has 0 aromatic carbocycles. The van der Waals surface area contributed by atoms with Crippen LogP contribution >= 0.6 is 0 Å². The first-order valence-electron chi connectivity index (χ1n) is 6.24. The van der Waals surface area contributed by atoms with E-state index in [0.29, 0.717) is 24.4 Å². The Morgan fingerprint density at radius 3 is 2.39 bits per heavy atom. The first-order valence-corrected chi connectivity index (χ1v) is 6.24. The quantitative estimate of drug-likeness (QED) is 0.863. The molecule has 5 heteroatoms. The summed E-state index contributed by atoms with van der Waals surface area (Å²) in [5.74, 6) is 0.175. The third-order valence-electron chi connectivity index (χ3n) is 2.73. The molecule has 1 aromatic rings. The minimum atomic E-state index is -0.355.